The summed E-state index contributed by atoms with van der Waals surface area (Å²) in [4.78, 5) is 16.9. The second-order valence-corrected chi connectivity index (χ2v) is 7.65. The summed E-state index contributed by atoms with van der Waals surface area (Å²) >= 11 is 5.89. The van der Waals surface area contributed by atoms with E-state index in [0.717, 1.165) is 18.4 Å². The number of nitrogens with zero attached hydrogens (tertiary/aromatic N) is 1. The van der Waals surface area contributed by atoms with E-state index in [1.807, 2.05) is 45.0 Å². The average Bonchev–Trinajstić information content (AvgIpc) is 2.61. The van der Waals surface area contributed by atoms with Gasteiger partial charge in [-0.2, -0.15) is 0 Å². The topological polar surface area (TPSA) is 62.2 Å². The number of pyridine rings is 1. The predicted octanol–water partition coefficient (Wildman–Crippen LogP) is 4.19. The highest BCUT2D eigenvalue weighted by molar-refractivity contribution is 6.30. The van der Waals surface area contributed by atoms with E-state index in [4.69, 9.17) is 11.6 Å². The lowest BCUT2D eigenvalue weighted by Crippen LogP contribution is -2.43. The number of rotatable bonds is 8. The number of nitrogens with one attached hydrogen (secondary N) is 1. The molecule has 0 aliphatic rings. The number of benzene rings is 1. The van der Waals surface area contributed by atoms with Crippen LogP contribution in [0.5, 0.6) is 0 Å². The quantitative estimate of drug-likeness (QED) is 0.728. The monoisotopic (exact) mass is 374 g/mol. The Hall–Kier alpha value is -1.91. The number of aliphatic hydroxyl groups is 1. The van der Waals surface area contributed by atoms with Crippen LogP contribution in [0.3, 0.4) is 0 Å². The van der Waals surface area contributed by atoms with Gasteiger partial charge < -0.3 is 10.4 Å². The van der Waals surface area contributed by atoms with E-state index < -0.39 is 6.10 Å². The SMILES string of the molecule is CCC(C)(C)NC(=O)c1cccnc1CC(O)CCc1ccc(Cl)cc1. The summed E-state index contributed by atoms with van der Waals surface area (Å²) in [5, 5.41) is 14.1. The van der Waals surface area contributed by atoms with E-state index in [0.29, 0.717) is 29.1 Å². The average molecular weight is 375 g/mol. The largest absolute Gasteiger partial charge is 0.393 e. The summed E-state index contributed by atoms with van der Waals surface area (Å²) in [6, 6.07) is 11.1. The van der Waals surface area contributed by atoms with Gasteiger partial charge in [-0.1, -0.05) is 30.7 Å². The molecule has 1 amide bonds. The van der Waals surface area contributed by atoms with Crippen molar-refractivity contribution in [3.05, 3.63) is 64.4 Å². The molecule has 0 fully saturated rings. The van der Waals surface area contributed by atoms with Crippen molar-refractivity contribution in [3.63, 3.8) is 0 Å². The first-order valence-electron chi connectivity index (χ1n) is 8.99. The van der Waals surface area contributed by atoms with Crippen LogP contribution in [0.25, 0.3) is 0 Å². The Morgan fingerprint density at radius 2 is 1.96 bits per heavy atom. The van der Waals surface area contributed by atoms with Crippen LogP contribution in [0.15, 0.2) is 42.6 Å². The number of halogens is 1. The second-order valence-electron chi connectivity index (χ2n) is 7.21. The van der Waals surface area contributed by atoms with Crippen molar-refractivity contribution in [2.24, 2.45) is 0 Å². The van der Waals surface area contributed by atoms with Crippen LogP contribution in [0.1, 0.15) is 55.2 Å². The normalized spacial score (nSPS) is 12.7. The zero-order chi connectivity index (χ0) is 19.2. The molecule has 0 saturated heterocycles. The van der Waals surface area contributed by atoms with Gasteiger partial charge in [0.2, 0.25) is 0 Å². The van der Waals surface area contributed by atoms with Gasteiger partial charge in [0.15, 0.2) is 0 Å². The fourth-order valence-electron chi connectivity index (χ4n) is 2.58. The van der Waals surface area contributed by atoms with Crippen LogP contribution in [-0.2, 0) is 12.8 Å². The molecular weight excluding hydrogens is 348 g/mol. The third kappa shape index (κ3) is 6.11. The fourth-order valence-corrected chi connectivity index (χ4v) is 2.71. The lowest BCUT2D eigenvalue weighted by molar-refractivity contribution is 0.0908. The number of amides is 1. The molecule has 0 aliphatic heterocycles. The summed E-state index contributed by atoms with van der Waals surface area (Å²) in [7, 11) is 0. The van der Waals surface area contributed by atoms with Crippen molar-refractivity contribution in [3.8, 4) is 0 Å². The summed E-state index contributed by atoms with van der Waals surface area (Å²) in [5.41, 5.74) is 1.99. The van der Waals surface area contributed by atoms with Gasteiger partial charge in [0.1, 0.15) is 0 Å². The molecule has 26 heavy (non-hydrogen) atoms. The Balaban J connectivity index is 2.00. The van der Waals surface area contributed by atoms with Crippen molar-refractivity contribution < 1.29 is 9.90 Å². The Morgan fingerprint density at radius 3 is 2.62 bits per heavy atom. The minimum absolute atomic E-state index is 0.148. The molecule has 0 saturated carbocycles. The molecule has 0 spiro atoms. The second kappa shape index (κ2) is 9.15. The van der Waals surface area contributed by atoms with Crippen LogP contribution < -0.4 is 5.32 Å². The standard InChI is InChI=1S/C21H27ClN2O2/c1-4-21(2,3)24-20(26)18-6-5-13-23-19(18)14-17(25)12-9-15-7-10-16(22)11-8-15/h5-8,10-11,13,17,25H,4,9,12,14H2,1-3H3,(H,24,26). The molecule has 1 heterocycles. The minimum Gasteiger partial charge on any atom is -0.393 e. The van der Waals surface area contributed by atoms with E-state index >= 15 is 0 Å². The number of aliphatic hydroxyl groups excluding tert-OH is 1. The Labute approximate surface area is 160 Å². The lowest BCUT2D eigenvalue weighted by atomic mass is 9.99. The van der Waals surface area contributed by atoms with E-state index in [1.54, 1.807) is 18.3 Å². The van der Waals surface area contributed by atoms with E-state index in [1.165, 1.54) is 0 Å². The molecule has 0 bridgehead atoms. The lowest BCUT2D eigenvalue weighted by Gasteiger charge is -2.25. The number of hydrogen-bond acceptors (Lipinski definition) is 3. The zero-order valence-electron chi connectivity index (χ0n) is 15.6. The van der Waals surface area contributed by atoms with Crippen molar-refractivity contribution in [2.75, 3.05) is 0 Å². The highest BCUT2D eigenvalue weighted by Crippen LogP contribution is 2.16. The van der Waals surface area contributed by atoms with Gasteiger partial charge in [0.05, 0.1) is 17.4 Å². The van der Waals surface area contributed by atoms with E-state index in [-0.39, 0.29) is 11.4 Å². The summed E-state index contributed by atoms with van der Waals surface area (Å²) in [6.07, 6.45) is 3.62. The van der Waals surface area contributed by atoms with Crippen molar-refractivity contribution in [1.82, 2.24) is 10.3 Å². The number of carbonyl (C=O) groups excluding carboxylic acids is 1. The zero-order valence-corrected chi connectivity index (χ0v) is 16.4. The summed E-state index contributed by atoms with van der Waals surface area (Å²) < 4.78 is 0. The summed E-state index contributed by atoms with van der Waals surface area (Å²) in [5.74, 6) is -0.148. The Kier molecular flexibility index (Phi) is 7.18. The van der Waals surface area contributed by atoms with Gasteiger partial charge in [0, 0.05) is 23.2 Å². The third-order valence-corrected chi connectivity index (χ3v) is 4.83. The minimum atomic E-state index is -0.564. The molecule has 0 aliphatic carbocycles. The first-order chi connectivity index (χ1) is 12.3. The molecule has 2 N–H and O–H groups in total. The van der Waals surface area contributed by atoms with Crippen molar-refractivity contribution in [2.45, 2.75) is 58.1 Å². The highest BCUT2D eigenvalue weighted by atomic mass is 35.5. The number of hydrogen-bond donors (Lipinski definition) is 2. The van der Waals surface area contributed by atoms with E-state index in [9.17, 15) is 9.90 Å². The maximum atomic E-state index is 12.6. The fraction of sp³-hybridized carbons (Fsp3) is 0.429. The maximum absolute atomic E-state index is 12.6. The first-order valence-corrected chi connectivity index (χ1v) is 9.37. The van der Waals surface area contributed by atoms with Gasteiger partial charge >= 0.3 is 0 Å². The molecule has 2 aromatic rings. The molecular formula is C21H27ClN2O2. The summed E-state index contributed by atoms with van der Waals surface area (Å²) in [6.45, 7) is 6.01. The Morgan fingerprint density at radius 1 is 1.27 bits per heavy atom. The van der Waals surface area contributed by atoms with E-state index in [2.05, 4.69) is 10.3 Å². The molecule has 140 valence electrons. The number of carbonyl (C=O) groups is 1. The van der Waals surface area contributed by atoms with Gasteiger partial charge in [-0.15, -0.1) is 0 Å². The molecule has 1 aromatic heterocycles. The van der Waals surface area contributed by atoms with Crippen LogP contribution in [0.4, 0.5) is 0 Å². The number of aryl methyl sites for hydroxylation is 1. The van der Waals surface area contributed by atoms with Crippen LogP contribution in [0.2, 0.25) is 5.02 Å². The van der Waals surface area contributed by atoms with Crippen LogP contribution in [-0.4, -0.2) is 27.6 Å². The molecule has 1 atom stereocenters. The van der Waals surface area contributed by atoms with Crippen LogP contribution >= 0.6 is 11.6 Å². The molecule has 0 radical (unpaired) electrons. The highest BCUT2D eigenvalue weighted by Gasteiger charge is 2.22. The van der Waals surface area contributed by atoms with Crippen molar-refractivity contribution >= 4 is 17.5 Å². The van der Waals surface area contributed by atoms with Crippen LogP contribution in [0, 0.1) is 0 Å². The predicted molar refractivity (Wildman–Crippen MR) is 106 cm³/mol. The van der Waals surface area contributed by atoms with Gasteiger partial charge in [-0.3, -0.25) is 9.78 Å². The number of aromatic nitrogens is 1. The first kappa shape index (κ1) is 20.4. The smallest absolute Gasteiger partial charge is 0.253 e. The van der Waals surface area contributed by atoms with Gasteiger partial charge in [-0.25, -0.2) is 0 Å². The van der Waals surface area contributed by atoms with Gasteiger partial charge in [0.25, 0.3) is 5.91 Å². The maximum Gasteiger partial charge on any atom is 0.253 e. The third-order valence-electron chi connectivity index (χ3n) is 4.58. The molecule has 4 nitrogen and oxygen atoms in total. The van der Waals surface area contributed by atoms with Crippen molar-refractivity contribution in [1.29, 1.82) is 0 Å². The van der Waals surface area contributed by atoms with Gasteiger partial charge in [-0.05, 0) is 62.9 Å². The molecule has 1 unspecified atom stereocenters. The molecule has 2 rings (SSSR count). The molecule has 5 heteroatoms. The molecule has 1 aromatic carbocycles. The Bertz CT molecular complexity index is 729.